The lowest BCUT2D eigenvalue weighted by Gasteiger charge is -2.27. The molecule has 0 aromatic heterocycles. The summed E-state index contributed by atoms with van der Waals surface area (Å²) in [6.07, 6.45) is 15.8. The molecule has 2 heterocycles. The van der Waals surface area contributed by atoms with Gasteiger partial charge in [-0.2, -0.15) is 21.4 Å². The van der Waals surface area contributed by atoms with Gasteiger partial charge in [0.15, 0.2) is 5.71 Å². The van der Waals surface area contributed by atoms with Crippen LogP contribution in [0.3, 0.4) is 0 Å². The van der Waals surface area contributed by atoms with Gasteiger partial charge in [-0.25, -0.2) is 0 Å². The maximum absolute atomic E-state index is 11.2. The van der Waals surface area contributed by atoms with Crippen LogP contribution in [0, 0.1) is 0 Å². The molecule has 0 saturated heterocycles. The van der Waals surface area contributed by atoms with Gasteiger partial charge in [0, 0.05) is 57.5 Å². The summed E-state index contributed by atoms with van der Waals surface area (Å²) in [4.78, 5) is 2.19. The number of anilines is 1. The van der Waals surface area contributed by atoms with E-state index < -0.39 is 20.2 Å². The summed E-state index contributed by atoms with van der Waals surface area (Å²) in [5, 5.41) is 1.31. The van der Waals surface area contributed by atoms with Crippen molar-refractivity contribution in [2.45, 2.75) is 64.2 Å². The lowest BCUT2D eigenvalue weighted by atomic mass is 9.81. The molecule has 0 fully saturated rings. The van der Waals surface area contributed by atoms with E-state index in [-0.39, 0.29) is 22.3 Å². The highest BCUT2D eigenvalue weighted by molar-refractivity contribution is 7.86. The average Bonchev–Trinajstić information content (AvgIpc) is 3.29. The van der Waals surface area contributed by atoms with E-state index in [1.807, 2.05) is 66.8 Å². The van der Waals surface area contributed by atoms with Crippen LogP contribution >= 0.6 is 23.2 Å². The van der Waals surface area contributed by atoms with Crippen molar-refractivity contribution in [1.29, 1.82) is 0 Å². The molecule has 0 unspecified atom stereocenters. The average molecular weight is 723 g/mol. The molecular weight excluding hydrogens is 679 g/mol. The van der Waals surface area contributed by atoms with Crippen molar-refractivity contribution in [3.63, 3.8) is 0 Å². The molecule has 0 aliphatic carbocycles. The standard InChI is InChI=1S/C35H42Cl2N2O6S2/c1-34(2)28-24-26(36)16-18-30(28)38(20-10-12-22-46(40,41)42)32(34)14-8-6-5-7-9-15-33-35(3,4)29-25-27(37)17-19-31(29)39(33)21-11-13-23-47(43,44)45/h5-9,14-19,24-25H,10-13,20-23H2,1-4H3,(H-,40,41,42,43,44,45)/p+1. The first kappa shape index (κ1) is 37.1. The van der Waals surface area contributed by atoms with E-state index in [0.29, 0.717) is 48.8 Å². The van der Waals surface area contributed by atoms with Gasteiger partial charge in [-0.15, -0.1) is 0 Å². The van der Waals surface area contributed by atoms with Gasteiger partial charge in [0.2, 0.25) is 5.69 Å². The van der Waals surface area contributed by atoms with E-state index in [9.17, 15) is 16.8 Å². The molecule has 2 aliphatic rings. The van der Waals surface area contributed by atoms with E-state index in [2.05, 4.69) is 49.3 Å². The minimum atomic E-state index is -4.00. The van der Waals surface area contributed by atoms with Gasteiger partial charge in [-0.3, -0.25) is 9.11 Å². The zero-order chi connectivity index (χ0) is 34.6. The van der Waals surface area contributed by atoms with Crippen LogP contribution in [0.15, 0.2) is 84.6 Å². The molecule has 0 bridgehead atoms. The lowest BCUT2D eigenvalue weighted by Crippen LogP contribution is -2.28. The SMILES string of the molecule is CC1(C)C(/C=C/C=C/C=C/C=C2/N(CCCCS(=O)(=O)O)c3ccc(Cl)cc3C2(C)C)=[N+](CCCCS(=O)(=O)O)c2ccc(Cl)cc21. The van der Waals surface area contributed by atoms with Crippen molar-refractivity contribution >= 4 is 60.5 Å². The molecule has 0 saturated carbocycles. The third kappa shape index (κ3) is 9.25. The lowest BCUT2D eigenvalue weighted by molar-refractivity contribution is -0.438. The molecule has 2 aromatic rings. The first-order valence-electron chi connectivity index (χ1n) is 15.6. The quantitative estimate of drug-likeness (QED) is 0.0878. The first-order valence-corrected chi connectivity index (χ1v) is 19.5. The van der Waals surface area contributed by atoms with E-state index >= 15 is 0 Å². The van der Waals surface area contributed by atoms with Crippen LogP contribution in [0.25, 0.3) is 0 Å². The topological polar surface area (TPSA) is 115 Å². The molecule has 0 amide bonds. The number of benzene rings is 2. The van der Waals surface area contributed by atoms with Crippen LogP contribution in [0.2, 0.25) is 10.0 Å². The Bertz CT molecular complexity index is 1870. The number of allylic oxidation sites excluding steroid dienone is 8. The van der Waals surface area contributed by atoms with Crippen LogP contribution in [0.1, 0.15) is 64.5 Å². The zero-order valence-electron chi connectivity index (χ0n) is 27.2. The highest BCUT2D eigenvalue weighted by Gasteiger charge is 2.44. The Balaban J connectivity index is 1.52. The molecule has 4 rings (SSSR count). The van der Waals surface area contributed by atoms with Gasteiger partial charge < -0.3 is 4.90 Å². The van der Waals surface area contributed by atoms with Crippen molar-refractivity contribution in [2.24, 2.45) is 0 Å². The number of fused-ring (bicyclic) bond motifs is 2. The summed E-state index contributed by atoms with van der Waals surface area (Å²) in [5.74, 6) is -0.534. The molecule has 254 valence electrons. The van der Waals surface area contributed by atoms with Crippen molar-refractivity contribution in [1.82, 2.24) is 0 Å². The van der Waals surface area contributed by atoms with Crippen molar-refractivity contribution in [3.8, 4) is 0 Å². The Hall–Kier alpha value is -2.73. The molecule has 12 heteroatoms. The Morgan fingerprint density at radius 2 is 1.32 bits per heavy atom. The van der Waals surface area contributed by atoms with Gasteiger partial charge in [0.1, 0.15) is 6.54 Å². The minimum absolute atomic E-state index is 0.267. The molecule has 0 radical (unpaired) electrons. The maximum atomic E-state index is 11.2. The van der Waals surface area contributed by atoms with Gasteiger partial charge in [-0.1, -0.05) is 67.4 Å². The fraction of sp³-hybridized carbons (Fsp3) is 0.400. The van der Waals surface area contributed by atoms with Gasteiger partial charge >= 0.3 is 0 Å². The number of rotatable bonds is 14. The van der Waals surface area contributed by atoms with Crippen LogP contribution in [0.5, 0.6) is 0 Å². The number of halogens is 2. The summed E-state index contributed by atoms with van der Waals surface area (Å²) in [7, 11) is -8.00. The highest BCUT2D eigenvalue weighted by Crippen LogP contribution is 2.48. The fourth-order valence-electron chi connectivity index (χ4n) is 6.37. The third-order valence-corrected chi connectivity index (χ3v) is 10.8. The largest absolute Gasteiger partial charge is 0.344 e. The molecule has 47 heavy (non-hydrogen) atoms. The molecule has 2 aromatic carbocycles. The molecule has 2 aliphatic heterocycles. The van der Waals surface area contributed by atoms with Gasteiger partial charge in [-0.05, 0) is 75.1 Å². The molecule has 2 N–H and O–H groups in total. The second kappa shape index (κ2) is 14.8. The smallest absolute Gasteiger partial charge is 0.264 e. The van der Waals surface area contributed by atoms with E-state index in [1.54, 1.807) is 0 Å². The van der Waals surface area contributed by atoms with Crippen molar-refractivity contribution < 1.29 is 30.5 Å². The number of unbranched alkanes of at least 4 members (excludes halogenated alkanes) is 2. The Labute approximate surface area is 289 Å². The van der Waals surface area contributed by atoms with Crippen molar-refractivity contribution in [2.75, 3.05) is 29.5 Å². The normalized spacial score (nSPS) is 18.4. The monoisotopic (exact) mass is 721 g/mol. The summed E-state index contributed by atoms with van der Waals surface area (Å²) in [6.45, 7) is 9.75. The van der Waals surface area contributed by atoms with E-state index in [1.165, 1.54) is 0 Å². The summed E-state index contributed by atoms with van der Waals surface area (Å²) in [6, 6.07) is 11.6. The highest BCUT2D eigenvalue weighted by atomic mass is 35.5. The predicted molar refractivity (Wildman–Crippen MR) is 193 cm³/mol. The van der Waals surface area contributed by atoms with E-state index in [4.69, 9.17) is 32.3 Å². The summed E-state index contributed by atoms with van der Waals surface area (Å²) in [5.41, 5.74) is 5.72. The molecule has 8 nitrogen and oxygen atoms in total. The second-order valence-corrected chi connectivity index (χ2v) is 16.9. The van der Waals surface area contributed by atoms with Crippen LogP contribution in [-0.2, 0) is 31.1 Å². The summed E-state index contributed by atoms with van der Waals surface area (Å²) < 4.78 is 65.3. The maximum Gasteiger partial charge on any atom is 0.264 e. The van der Waals surface area contributed by atoms with Crippen LogP contribution in [-0.4, -0.2) is 60.8 Å². The van der Waals surface area contributed by atoms with E-state index in [0.717, 1.165) is 33.9 Å². The fourth-order valence-corrected chi connectivity index (χ4v) is 7.85. The Morgan fingerprint density at radius 3 is 1.98 bits per heavy atom. The molecule has 0 atom stereocenters. The van der Waals surface area contributed by atoms with Gasteiger partial charge in [0.05, 0.1) is 16.9 Å². The van der Waals surface area contributed by atoms with Crippen molar-refractivity contribution in [3.05, 3.63) is 106 Å². The number of nitrogens with zero attached hydrogens (tertiary/aromatic N) is 2. The minimum Gasteiger partial charge on any atom is -0.344 e. The third-order valence-electron chi connectivity index (χ3n) is 8.73. The van der Waals surface area contributed by atoms with Gasteiger partial charge in [0.25, 0.3) is 20.2 Å². The molecular formula is C35H43Cl2N2O6S2+. The second-order valence-electron chi connectivity index (χ2n) is 12.9. The van der Waals surface area contributed by atoms with Crippen LogP contribution in [0.4, 0.5) is 11.4 Å². The van der Waals surface area contributed by atoms with Crippen LogP contribution < -0.4 is 4.90 Å². The zero-order valence-corrected chi connectivity index (χ0v) is 30.3. The predicted octanol–water partition coefficient (Wildman–Crippen LogP) is 8.06. The molecule has 0 spiro atoms. The summed E-state index contributed by atoms with van der Waals surface area (Å²) >= 11 is 12.7. The number of hydrogen-bond acceptors (Lipinski definition) is 5. The Kier molecular flexibility index (Phi) is 11.7. The Morgan fingerprint density at radius 1 is 0.745 bits per heavy atom. The first-order chi connectivity index (χ1) is 21.9. The number of hydrogen-bond donors (Lipinski definition) is 2.